The average molecular weight is 303 g/mol. The zero-order valence-corrected chi connectivity index (χ0v) is 12.5. The summed E-state index contributed by atoms with van der Waals surface area (Å²) in [5, 5.41) is 10.5. The second-order valence-corrected chi connectivity index (χ2v) is 6.26. The van der Waals surface area contributed by atoms with Crippen LogP contribution in [0.3, 0.4) is 0 Å². The van der Waals surface area contributed by atoms with Gasteiger partial charge in [0.25, 0.3) is 0 Å². The number of amides is 1. The summed E-state index contributed by atoms with van der Waals surface area (Å²) in [4.78, 5) is 25.3. The largest absolute Gasteiger partial charge is 0.445 e. The Morgan fingerprint density at radius 3 is 2.68 bits per heavy atom. The first-order valence-electron chi connectivity index (χ1n) is 7.79. The van der Waals surface area contributed by atoms with Crippen LogP contribution in [-0.2, 0) is 16.1 Å². The minimum atomic E-state index is -1.05. The molecule has 2 fully saturated rings. The molecule has 1 amide bonds. The summed E-state index contributed by atoms with van der Waals surface area (Å²) < 4.78 is 5.23. The number of hydrogen-bond donors (Lipinski definition) is 1. The molecule has 5 heteroatoms. The summed E-state index contributed by atoms with van der Waals surface area (Å²) in [6.45, 7) is 0.602. The lowest BCUT2D eigenvalue weighted by molar-refractivity contribution is -0.156. The highest BCUT2D eigenvalue weighted by atomic mass is 16.6. The molecule has 1 atom stereocenters. The fourth-order valence-corrected chi connectivity index (χ4v) is 3.33. The zero-order chi connectivity index (χ0) is 15.6. The van der Waals surface area contributed by atoms with Gasteiger partial charge in [-0.05, 0) is 18.4 Å². The van der Waals surface area contributed by atoms with Crippen LogP contribution >= 0.6 is 0 Å². The number of Topliss-reactive ketones (excluding diaryl/α,β-unsaturated/α-hetero) is 1. The molecular weight excluding hydrogens is 282 g/mol. The van der Waals surface area contributed by atoms with Crippen LogP contribution in [0, 0.1) is 5.92 Å². The molecular formula is C17H21NO4. The lowest BCUT2D eigenvalue weighted by atomic mass is 9.72. The van der Waals surface area contributed by atoms with Gasteiger partial charge in [0.2, 0.25) is 0 Å². The van der Waals surface area contributed by atoms with Gasteiger partial charge in [-0.1, -0.05) is 36.8 Å². The number of nitrogens with zero attached hydrogens (tertiary/aromatic N) is 1. The van der Waals surface area contributed by atoms with Gasteiger partial charge in [-0.15, -0.1) is 0 Å². The summed E-state index contributed by atoms with van der Waals surface area (Å²) in [6, 6.07) is 9.46. The number of β-amino-alcohol motifs (C(OH)–C–C–N with tert-alkyl or cyclic N) is 1. The van der Waals surface area contributed by atoms with Gasteiger partial charge >= 0.3 is 6.09 Å². The summed E-state index contributed by atoms with van der Waals surface area (Å²) in [5.74, 6) is -0.189. The van der Waals surface area contributed by atoms with Gasteiger partial charge in [-0.3, -0.25) is 4.79 Å². The van der Waals surface area contributed by atoms with Gasteiger partial charge in [0.05, 0.1) is 13.1 Å². The van der Waals surface area contributed by atoms with Crippen LogP contribution < -0.4 is 0 Å². The van der Waals surface area contributed by atoms with Crippen molar-refractivity contribution in [3.8, 4) is 0 Å². The van der Waals surface area contributed by atoms with Crippen molar-refractivity contribution in [3.63, 3.8) is 0 Å². The molecule has 1 aliphatic carbocycles. The molecule has 1 saturated carbocycles. The quantitative estimate of drug-likeness (QED) is 0.929. The minimum Gasteiger partial charge on any atom is -0.445 e. The Labute approximate surface area is 129 Å². The summed E-state index contributed by atoms with van der Waals surface area (Å²) in [7, 11) is 0. The van der Waals surface area contributed by atoms with Crippen LogP contribution in [0.1, 0.15) is 31.2 Å². The molecule has 1 heterocycles. The van der Waals surface area contributed by atoms with Crippen LogP contribution in [0.5, 0.6) is 0 Å². The average Bonchev–Trinajstić information content (AvgIpc) is 2.51. The van der Waals surface area contributed by atoms with Gasteiger partial charge < -0.3 is 14.7 Å². The van der Waals surface area contributed by atoms with E-state index < -0.39 is 11.7 Å². The van der Waals surface area contributed by atoms with Crippen molar-refractivity contribution in [2.45, 2.75) is 37.9 Å². The Morgan fingerprint density at radius 1 is 1.27 bits per heavy atom. The maximum Gasteiger partial charge on any atom is 0.410 e. The van der Waals surface area contributed by atoms with E-state index in [2.05, 4.69) is 0 Å². The summed E-state index contributed by atoms with van der Waals surface area (Å²) in [5.41, 5.74) is -0.127. The Kier molecular flexibility index (Phi) is 4.16. The van der Waals surface area contributed by atoms with E-state index in [9.17, 15) is 14.7 Å². The topological polar surface area (TPSA) is 66.8 Å². The molecule has 0 radical (unpaired) electrons. The van der Waals surface area contributed by atoms with E-state index in [0.717, 1.165) is 24.8 Å². The molecule has 0 aromatic heterocycles. The maximum absolute atomic E-state index is 12.0. The molecule has 5 nitrogen and oxygen atoms in total. The molecule has 1 N–H and O–H groups in total. The second kappa shape index (κ2) is 6.08. The Hall–Kier alpha value is -1.88. The molecule has 0 spiro atoms. The smallest absolute Gasteiger partial charge is 0.410 e. The highest BCUT2D eigenvalue weighted by Gasteiger charge is 2.52. The molecule has 2 aliphatic rings. The third-order valence-electron chi connectivity index (χ3n) is 4.60. The summed E-state index contributed by atoms with van der Waals surface area (Å²) >= 11 is 0. The molecule has 1 aromatic rings. The molecule has 1 aromatic carbocycles. The van der Waals surface area contributed by atoms with Crippen molar-refractivity contribution in [1.29, 1.82) is 0 Å². The van der Waals surface area contributed by atoms with E-state index in [4.69, 9.17) is 4.74 Å². The monoisotopic (exact) mass is 303 g/mol. The SMILES string of the molecule is O=C1CCCCC1C1(O)CN(C(=O)OCc2ccccc2)C1. The lowest BCUT2D eigenvalue weighted by Gasteiger charge is -2.50. The number of carbonyl (C=O) groups is 2. The van der Waals surface area contributed by atoms with Crippen molar-refractivity contribution >= 4 is 11.9 Å². The molecule has 1 unspecified atom stereocenters. The highest BCUT2D eigenvalue weighted by molar-refractivity contribution is 5.83. The van der Waals surface area contributed by atoms with Crippen LogP contribution in [0.4, 0.5) is 4.79 Å². The third kappa shape index (κ3) is 2.99. The van der Waals surface area contributed by atoms with Crippen molar-refractivity contribution < 1.29 is 19.4 Å². The Morgan fingerprint density at radius 2 is 2.00 bits per heavy atom. The molecule has 22 heavy (non-hydrogen) atoms. The number of carbonyl (C=O) groups excluding carboxylic acids is 2. The van der Waals surface area contributed by atoms with Gasteiger partial charge in [0.1, 0.15) is 18.0 Å². The summed E-state index contributed by atoms with van der Waals surface area (Å²) in [6.07, 6.45) is 2.72. The van der Waals surface area contributed by atoms with E-state index >= 15 is 0 Å². The molecule has 118 valence electrons. The van der Waals surface area contributed by atoms with Crippen LogP contribution in [0.15, 0.2) is 30.3 Å². The van der Waals surface area contributed by atoms with Crippen molar-refractivity contribution in [1.82, 2.24) is 4.90 Å². The van der Waals surface area contributed by atoms with Crippen molar-refractivity contribution in [2.24, 2.45) is 5.92 Å². The Bertz CT molecular complexity index is 551. The Balaban J connectivity index is 1.49. The van der Waals surface area contributed by atoms with Crippen LogP contribution in [-0.4, -0.2) is 40.6 Å². The number of hydrogen-bond acceptors (Lipinski definition) is 4. The predicted octanol–water partition coefficient (Wildman–Crippen LogP) is 2.13. The minimum absolute atomic E-state index is 0.131. The van der Waals surface area contributed by atoms with E-state index in [0.29, 0.717) is 6.42 Å². The number of rotatable bonds is 3. The molecule has 3 rings (SSSR count). The van der Waals surface area contributed by atoms with Gasteiger partial charge in [-0.2, -0.15) is 0 Å². The first-order chi connectivity index (χ1) is 10.6. The van der Waals surface area contributed by atoms with E-state index in [-0.39, 0.29) is 31.4 Å². The third-order valence-corrected chi connectivity index (χ3v) is 4.60. The second-order valence-electron chi connectivity index (χ2n) is 6.26. The van der Waals surface area contributed by atoms with E-state index in [1.165, 1.54) is 4.90 Å². The fourth-order valence-electron chi connectivity index (χ4n) is 3.33. The molecule has 0 bridgehead atoms. The van der Waals surface area contributed by atoms with Crippen molar-refractivity contribution in [3.05, 3.63) is 35.9 Å². The lowest BCUT2D eigenvalue weighted by Crippen LogP contribution is -2.68. The van der Waals surface area contributed by atoms with Gasteiger partial charge in [0, 0.05) is 12.3 Å². The first kappa shape index (κ1) is 15.0. The molecule has 1 aliphatic heterocycles. The highest BCUT2D eigenvalue weighted by Crippen LogP contribution is 2.36. The van der Waals surface area contributed by atoms with E-state index in [1.54, 1.807) is 0 Å². The van der Waals surface area contributed by atoms with Crippen molar-refractivity contribution in [2.75, 3.05) is 13.1 Å². The standard InChI is InChI=1S/C17H21NO4/c19-15-9-5-4-8-14(15)17(21)11-18(12-17)16(20)22-10-13-6-2-1-3-7-13/h1-3,6-7,14,21H,4-5,8-12H2. The fraction of sp³-hybridized carbons (Fsp3) is 0.529. The number of aliphatic hydroxyl groups is 1. The van der Waals surface area contributed by atoms with Gasteiger partial charge in [0.15, 0.2) is 0 Å². The predicted molar refractivity (Wildman–Crippen MR) is 80.1 cm³/mol. The molecule has 1 saturated heterocycles. The number of ketones is 1. The van der Waals surface area contributed by atoms with Gasteiger partial charge in [-0.25, -0.2) is 4.79 Å². The first-order valence-corrected chi connectivity index (χ1v) is 7.79. The maximum atomic E-state index is 12.0. The number of ether oxygens (including phenoxy) is 1. The number of benzene rings is 1. The van der Waals surface area contributed by atoms with Crippen LogP contribution in [0.25, 0.3) is 0 Å². The normalized spacial score (nSPS) is 23.8. The van der Waals surface area contributed by atoms with Crippen LogP contribution in [0.2, 0.25) is 0 Å². The van der Waals surface area contributed by atoms with E-state index in [1.807, 2.05) is 30.3 Å². The zero-order valence-electron chi connectivity index (χ0n) is 12.5. The number of likely N-dealkylation sites (tertiary alicyclic amines) is 1.